The van der Waals surface area contributed by atoms with Crippen LogP contribution in [-0.4, -0.2) is 25.5 Å². The fraction of sp³-hybridized carbons (Fsp3) is 0.316. The highest BCUT2D eigenvalue weighted by Gasteiger charge is 2.21. The van der Waals surface area contributed by atoms with Crippen LogP contribution in [0.15, 0.2) is 42.0 Å². The van der Waals surface area contributed by atoms with E-state index in [1.165, 1.54) is 27.1 Å². The normalized spacial score (nSPS) is 15.6. The number of benzene rings is 1. The van der Waals surface area contributed by atoms with Gasteiger partial charge in [-0.05, 0) is 48.6 Å². The van der Waals surface area contributed by atoms with Crippen LogP contribution in [0.1, 0.15) is 27.2 Å². The highest BCUT2D eigenvalue weighted by atomic mass is 35.5. The molecule has 1 aliphatic carbocycles. The molecule has 0 atom stereocenters. The molecule has 0 unspecified atom stereocenters. The Bertz CT molecular complexity index is 781. The number of nitrogens with one attached hydrogen (secondary N) is 2. The number of rotatable bonds is 3. The molecule has 2 aromatic rings. The third kappa shape index (κ3) is 3.41. The zero-order valence-corrected chi connectivity index (χ0v) is 15.1. The van der Waals surface area contributed by atoms with Gasteiger partial charge in [0.15, 0.2) is 0 Å². The SMILES string of the molecule is Cl.O=C(NCC1=CCNCC1)c1cc2c(s1)-c1ccccc1CC2. The molecule has 2 N–H and O–H groups in total. The average molecular weight is 361 g/mol. The van der Waals surface area contributed by atoms with E-state index in [1.54, 1.807) is 11.3 Å². The third-order valence-electron chi connectivity index (χ3n) is 4.59. The number of carbonyl (C=O) groups excluding carboxylic acids is 1. The van der Waals surface area contributed by atoms with E-state index in [-0.39, 0.29) is 18.3 Å². The van der Waals surface area contributed by atoms with Gasteiger partial charge in [-0.3, -0.25) is 4.79 Å². The first-order valence-electron chi connectivity index (χ1n) is 8.19. The molecule has 1 aliphatic heterocycles. The molecule has 5 heteroatoms. The van der Waals surface area contributed by atoms with Crippen molar-refractivity contribution in [3.05, 3.63) is 58.0 Å². The largest absolute Gasteiger partial charge is 0.348 e. The van der Waals surface area contributed by atoms with Gasteiger partial charge >= 0.3 is 0 Å². The second-order valence-electron chi connectivity index (χ2n) is 6.12. The van der Waals surface area contributed by atoms with Gasteiger partial charge in [-0.15, -0.1) is 23.7 Å². The summed E-state index contributed by atoms with van der Waals surface area (Å²) in [7, 11) is 0. The van der Waals surface area contributed by atoms with Crippen LogP contribution < -0.4 is 10.6 Å². The Morgan fingerprint density at radius 1 is 1.17 bits per heavy atom. The van der Waals surface area contributed by atoms with Gasteiger partial charge in [0.1, 0.15) is 0 Å². The lowest BCUT2D eigenvalue weighted by molar-refractivity contribution is 0.0960. The molecule has 2 heterocycles. The van der Waals surface area contributed by atoms with Crippen molar-refractivity contribution in [2.75, 3.05) is 19.6 Å². The first kappa shape index (κ1) is 17.2. The van der Waals surface area contributed by atoms with Gasteiger partial charge in [-0.25, -0.2) is 0 Å². The van der Waals surface area contributed by atoms with Crippen molar-refractivity contribution >= 4 is 29.7 Å². The summed E-state index contributed by atoms with van der Waals surface area (Å²) in [5, 5.41) is 6.37. The van der Waals surface area contributed by atoms with Crippen LogP contribution in [0.4, 0.5) is 0 Å². The number of hydrogen-bond acceptors (Lipinski definition) is 3. The lowest BCUT2D eigenvalue weighted by atomic mass is 9.91. The molecule has 126 valence electrons. The summed E-state index contributed by atoms with van der Waals surface area (Å²) < 4.78 is 0. The molecule has 0 saturated carbocycles. The highest BCUT2D eigenvalue weighted by Crippen LogP contribution is 2.39. The lowest BCUT2D eigenvalue weighted by Gasteiger charge is -2.15. The Labute approximate surface area is 152 Å². The van der Waals surface area contributed by atoms with E-state index >= 15 is 0 Å². The minimum atomic E-state index is 0. The molecule has 3 nitrogen and oxygen atoms in total. The number of amides is 1. The molecule has 0 bridgehead atoms. The molecular weight excluding hydrogens is 340 g/mol. The second kappa shape index (κ2) is 7.51. The van der Waals surface area contributed by atoms with E-state index < -0.39 is 0 Å². The van der Waals surface area contributed by atoms with Crippen LogP contribution in [0.5, 0.6) is 0 Å². The van der Waals surface area contributed by atoms with Gasteiger partial charge in [0.25, 0.3) is 5.91 Å². The van der Waals surface area contributed by atoms with Crippen molar-refractivity contribution in [1.29, 1.82) is 0 Å². The highest BCUT2D eigenvalue weighted by molar-refractivity contribution is 7.17. The van der Waals surface area contributed by atoms with Gasteiger partial charge in [0, 0.05) is 18.0 Å². The van der Waals surface area contributed by atoms with Crippen LogP contribution in [0.3, 0.4) is 0 Å². The van der Waals surface area contributed by atoms with Crippen molar-refractivity contribution in [3.8, 4) is 10.4 Å². The topological polar surface area (TPSA) is 41.1 Å². The van der Waals surface area contributed by atoms with Gasteiger partial charge in [-0.2, -0.15) is 0 Å². The summed E-state index contributed by atoms with van der Waals surface area (Å²) >= 11 is 1.63. The van der Waals surface area contributed by atoms with Crippen LogP contribution in [-0.2, 0) is 12.8 Å². The molecule has 4 rings (SSSR count). The van der Waals surface area contributed by atoms with Crippen LogP contribution in [0.2, 0.25) is 0 Å². The summed E-state index contributed by atoms with van der Waals surface area (Å²) in [5.74, 6) is 0.0568. The van der Waals surface area contributed by atoms with Gasteiger partial charge in [0.2, 0.25) is 0 Å². The van der Waals surface area contributed by atoms with Gasteiger partial charge < -0.3 is 10.6 Å². The zero-order valence-electron chi connectivity index (χ0n) is 13.4. The quantitative estimate of drug-likeness (QED) is 0.821. The van der Waals surface area contributed by atoms with E-state index in [9.17, 15) is 4.79 Å². The Morgan fingerprint density at radius 2 is 2.00 bits per heavy atom. The first-order valence-corrected chi connectivity index (χ1v) is 9.01. The zero-order chi connectivity index (χ0) is 15.6. The summed E-state index contributed by atoms with van der Waals surface area (Å²) in [4.78, 5) is 14.6. The minimum Gasteiger partial charge on any atom is -0.348 e. The standard InChI is InChI=1S/C19H20N2OS.ClH/c22-19(21-12-13-7-9-20-10-8-13)17-11-15-6-5-14-3-1-2-4-16(14)18(15)23-17;/h1-4,7,11,20H,5-6,8-10,12H2,(H,21,22);1H. The Morgan fingerprint density at radius 3 is 2.83 bits per heavy atom. The average Bonchev–Trinajstić information content (AvgIpc) is 3.05. The Kier molecular flexibility index (Phi) is 5.39. The van der Waals surface area contributed by atoms with E-state index in [2.05, 4.69) is 47.0 Å². The predicted octanol–water partition coefficient (Wildman–Crippen LogP) is 3.59. The maximum absolute atomic E-state index is 12.5. The summed E-state index contributed by atoms with van der Waals surface area (Å²) in [6.45, 7) is 2.58. The number of thiophene rings is 1. The van der Waals surface area contributed by atoms with Gasteiger partial charge in [-0.1, -0.05) is 35.9 Å². The van der Waals surface area contributed by atoms with E-state index in [1.807, 2.05) is 0 Å². The van der Waals surface area contributed by atoms with Crippen molar-refractivity contribution in [3.63, 3.8) is 0 Å². The predicted molar refractivity (Wildman–Crippen MR) is 102 cm³/mol. The molecule has 0 spiro atoms. The third-order valence-corrected chi connectivity index (χ3v) is 5.80. The van der Waals surface area contributed by atoms with E-state index in [0.717, 1.165) is 37.2 Å². The van der Waals surface area contributed by atoms with Gasteiger partial charge in [0.05, 0.1) is 4.88 Å². The minimum absolute atomic E-state index is 0. The summed E-state index contributed by atoms with van der Waals surface area (Å²) in [6, 6.07) is 10.6. The van der Waals surface area contributed by atoms with Crippen LogP contribution >= 0.6 is 23.7 Å². The van der Waals surface area contributed by atoms with Crippen molar-refractivity contribution < 1.29 is 4.79 Å². The fourth-order valence-corrected chi connectivity index (χ4v) is 4.48. The number of hydrogen-bond donors (Lipinski definition) is 2. The number of carbonyl (C=O) groups is 1. The van der Waals surface area contributed by atoms with E-state index in [0.29, 0.717) is 6.54 Å². The number of halogens is 1. The second-order valence-corrected chi connectivity index (χ2v) is 7.17. The van der Waals surface area contributed by atoms with Crippen molar-refractivity contribution in [2.24, 2.45) is 0 Å². The molecule has 1 aromatic heterocycles. The molecule has 0 radical (unpaired) electrons. The van der Waals surface area contributed by atoms with E-state index in [4.69, 9.17) is 0 Å². The van der Waals surface area contributed by atoms with Crippen molar-refractivity contribution in [2.45, 2.75) is 19.3 Å². The molecule has 2 aliphatic rings. The fourth-order valence-electron chi connectivity index (χ4n) is 3.29. The molecule has 1 aromatic carbocycles. The molecule has 0 fully saturated rings. The smallest absolute Gasteiger partial charge is 0.261 e. The first-order chi connectivity index (χ1) is 11.3. The van der Waals surface area contributed by atoms with Crippen LogP contribution in [0, 0.1) is 0 Å². The molecular formula is C19H21ClN2OS. The van der Waals surface area contributed by atoms with Crippen molar-refractivity contribution in [1.82, 2.24) is 10.6 Å². The molecule has 1 amide bonds. The maximum atomic E-state index is 12.5. The molecule has 0 saturated heterocycles. The maximum Gasteiger partial charge on any atom is 0.261 e. The number of fused-ring (bicyclic) bond motifs is 3. The number of aryl methyl sites for hydroxylation is 2. The van der Waals surface area contributed by atoms with Crippen LogP contribution in [0.25, 0.3) is 10.4 Å². The Balaban J connectivity index is 0.00000169. The summed E-state index contributed by atoms with van der Waals surface area (Å²) in [6.07, 6.45) is 5.31. The monoisotopic (exact) mass is 360 g/mol. The summed E-state index contributed by atoms with van der Waals surface area (Å²) in [5.41, 5.74) is 5.34. The molecule has 24 heavy (non-hydrogen) atoms. The lowest BCUT2D eigenvalue weighted by Crippen LogP contribution is -2.29. The Hall–Kier alpha value is -1.62.